The number of imidazole rings is 1. The Kier molecular flexibility index (Phi) is 3.93. The maximum absolute atomic E-state index is 11.4. The Hall–Kier alpha value is -2.62. The first-order chi connectivity index (χ1) is 9.20. The molecule has 0 atom stereocenters. The quantitative estimate of drug-likeness (QED) is 0.844. The van der Waals surface area contributed by atoms with Gasteiger partial charge < -0.3 is 10.2 Å². The normalized spacial score (nSPS) is 10.1. The molecule has 19 heavy (non-hydrogen) atoms. The second-order valence-electron chi connectivity index (χ2n) is 4.03. The molecule has 0 fully saturated rings. The molecule has 0 unspecified atom stereocenters. The number of nitrogens with zero attached hydrogens (tertiary/aromatic N) is 5. The summed E-state index contributed by atoms with van der Waals surface area (Å²) >= 11 is 0. The molecular formula is C12H14N6O. The highest BCUT2D eigenvalue weighted by Crippen LogP contribution is 2.04. The van der Waals surface area contributed by atoms with E-state index in [-0.39, 0.29) is 12.3 Å². The summed E-state index contributed by atoms with van der Waals surface area (Å²) in [6, 6.07) is 5.53. The fourth-order valence-corrected chi connectivity index (χ4v) is 1.59. The molecule has 2 rings (SSSR count). The Morgan fingerprint density at radius 2 is 2.42 bits per heavy atom. The summed E-state index contributed by atoms with van der Waals surface area (Å²) in [5.41, 5.74) is 0.784. The number of rotatable bonds is 5. The van der Waals surface area contributed by atoms with Gasteiger partial charge >= 0.3 is 0 Å². The minimum absolute atomic E-state index is 0.0876. The average molecular weight is 258 g/mol. The van der Waals surface area contributed by atoms with Crippen LogP contribution in [0.3, 0.4) is 0 Å². The van der Waals surface area contributed by atoms with Gasteiger partial charge in [-0.15, -0.1) is 5.10 Å². The topological polar surface area (TPSA) is 86.3 Å². The molecule has 0 bridgehead atoms. The third-order valence-corrected chi connectivity index (χ3v) is 2.66. The summed E-state index contributed by atoms with van der Waals surface area (Å²) in [4.78, 5) is 17.0. The number of nitrogens with one attached hydrogen (secondary N) is 1. The Morgan fingerprint density at radius 3 is 3.21 bits per heavy atom. The Bertz CT molecular complexity index is 614. The van der Waals surface area contributed by atoms with Gasteiger partial charge in [0.15, 0.2) is 5.65 Å². The molecule has 0 spiro atoms. The fraction of sp³-hybridized carbons (Fsp3) is 0.333. The first-order valence-electron chi connectivity index (χ1n) is 5.86. The largest absolute Gasteiger partial charge is 0.367 e. The van der Waals surface area contributed by atoms with Crippen LogP contribution in [0, 0.1) is 11.3 Å². The summed E-state index contributed by atoms with van der Waals surface area (Å²) in [7, 11) is 1.67. The lowest BCUT2D eigenvalue weighted by Gasteiger charge is -2.16. The number of aromatic nitrogens is 3. The predicted octanol–water partition coefficient (Wildman–Crippen LogP) is 0.513. The van der Waals surface area contributed by atoms with Crippen LogP contribution in [0.1, 0.15) is 6.42 Å². The monoisotopic (exact) mass is 258 g/mol. The number of carbonyl (C=O) groups excluding carboxylic acids is 1. The Balaban J connectivity index is 1.85. The summed E-state index contributed by atoms with van der Waals surface area (Å²) in [6.07, 6.45) is 3.36. The summed E-state index contributed by atoms with van der Waals surface area (Å²) < 4.78 is 1.67. The first kappa shape index (κ1) is 12.8. The number of likely N-dealkylation sites (N-methyl/N-ethyl adjacent to an activating group) is 1. The van der Waals surface area contributed by atoms with Crippen LogP contribution < -0.4 is 5.32 Å². The Morgan fingerprint density at radius 1 is 1.58 bits per heavy atom. The minimum atomic E-state index is -0.178. The standard InChI is InChI=1S/C12H14N6O/c1-17(12(19)4-5-13)8-6-14-10-2-3-11-15-7-9-18(11)16-10/h2-3,7,9H,4,6,8H2,1H3,(H,14,16). The van der Waals surface area contributed by atoms with Gasteiger partial charge in [-0.05, 0) is 12.1 Å². The molecular weight excluding hydrogens is 244 g/mol. The summed E-state index contributed by atoms with van der Waals surface area (Å²) in [6.45, 7) is 1.09. The number of anilines is 1. The lowest BCUT2D eigenvalue weighted by molar-refractivity contribution is -0.128. The lowest BCUT2D eigenvalue weighted by atomic mass is 10.4. The van der Waals surface area contributed by atoms with Crippen LogP contribution in [0.15, 0.2) is 24.5 Å². The van der Waals surface area contributed by atoms with Crippen molar-refractivity contribution >= 4 is 17.4 Å². The number of hydrogen-bond acceptors (Lipinski definition) is 5. The van der Waals surface area contributed by atoms with Crippen molar-refractivity contribution in [3.05, 3.63) is 24.5 Å². The van der Waals surface area contributed by atoms with Crippen molar-refractivity contribution in [3.63, 3.8) is 0 Å². The molecule has 0 aromatic carbocycles. The van der Waals surface area contributed by atoms with E-state index in [4.69, 9.17) is 5.26 Å². The van der Waals surface area contributed by atoms with Crippen LogP contribution >= 0.6 is 0 Å². The van der Waals surface area contributed by atoms with Crippen LogP contribution in [0.5, 0.6) is 0 Å². The van der Waals surface area contributed by atoms with Crippen LogP contribution in [-0.2, 0) is 4.79 Å². The van der Waals surface area contributed by atoms with Crippen LogP contribution in [0.2, 0.25) is 0 Å². The van der Waals surface area contributed by atoms with Crippen molar-refractivity contribution in [2.24, 2.45) is 0 Å². The van der Waals surface area contributed by atoms with Gasteiger partial charge in [-0.1, -0.05) is 0 Å². The van der Waals surface area contributed by atoms with Crippen molar-refractivity contribution in [2.45, 2.75) is 6.42 Å². The van der Waals surface area contributed by atoms with E-state index in [2.05, 4.69) is 15.4 Å². The maximum Gasteiger partial charge on any atom is 0.236 e. The number of carbonyl (C=O) groups is 1. The van der Waals surface area contributed by atoms with E-state index in [0.717, 1.165) is 5.65 Å². The molecule has 0 radical (unpaired) electrons. The van der Waals surface area contributed by atoms with E-state index in [1.54, 1.807) is 24.0 Å². The number of nitriles is 1. The summed E-state index contributed by atoms with van der Waals surface area (Å²) in [5.74, 6) is 0.536. The van der Waals surface area contributed by atoms with Gasteiger partial charge in [0.05, 0.1) is 6.07 Å². The van der Waals surface area contributed by atoms with E-state index in [0.29, 0.717) is 18.9 Å². The van der Waals surface area contributed by atoms with Crippen molar-refractivity contribution in [1.29, 1.82) is 5.26 Å². The molecule has 2 aromatic rings. The predicted molar refractivity (Wildman–Crippen MR) is 69.3 cm³/mol. The maximum atomic E-state index is 11.4. The third-order valence-electron chi connectivity index (χ3n) is 2.66. The van der Waals surface area contributed by atoms with Gasteiger partial charge in [0, 0.05) is 32.5 Å². The van der Waals surface area contributed by atoms with Gasteiger partial charge in [0.25, 0.3) is 0 Å². The smallest absolute Gasteiger partial charge is 0.236 e. The van der Waals surface area contributed by atoms with Gasteiger partial charge in [0.1, 0.15) is 12.2 Å². The molecule has 2 heterocycles. The molecule has 0 saturated carbocycles. The molecule has 7 heteroatoms. The highest BCUT2D eigenvalue weighted by atomic mass is 16.2. The number of amides is 1. The van der Waals surface area contributed by atoms with Crippen molar-refractivity contribution in [3.8, 4) is 6.07 Å². The van der Waals surface area contributed by atoms with Crippen LogP contribution in [0.25, 0.3) is 5.65 Å². The SMILES string of the molecule is CN(CCNc1ccc2nccn2n1)C(=O)CC#N. The zero-order valence-corrected chi connectivity index (χ0v) is 10.6. The van der Waals surface area contributed by atoms with E-state index < -0.39 is 0 Å². The molecule has 1 N–H and O–H groups in total. The zero-order chi connectivity index (χ0) is 13.7. The second kappa shape index (κ2) is 5.82. The van der Waals surface area contributed by atoms with Crippen LogP contribution in [0.4, 0.5) is 5.82 Å². The van der Waals surface area contributed by atoms with Gasteiger partial charge in [-0.25, -0.2) is 9.50 Å². The first-order valence-corrected chi connectivity index (χ1v) is 5.86. The average Bonchev–Trinajstić information content (AvgIpc) is 2.86. The van der Waals surface area contributed by atoms with Gasteiger partial charge in [0.2, 0.25) is 5.91 Å². The second-order valence-corrected chi connectivity index (χ2v) is 4.03. The van der Waals surface area contributed by atoms with Crippen molar-refractivity contribution < 1.29 is 4.79 Å². The number of fused-ring (bicyclic) bond motifs is 1. The van der Waals surface area contributed by atoms with E-state index >= 15 is 0 Å². The fourth-order valence-electron chi connectivity index (χ4n) is 1.59. The van der Waals surface area contributed by atoms with E-state index in [1.165, 1.54) is 4.90 Å². The summed E-state index contributed by atoms with van der Waals surface area (Å²) in [5, 5.41) is 15.9. The molecule has 1 amide bonds. The van der Waals surface area contributed by atoms with Crippen LogP contribution in [-0.4, -0.2) is 45.5 Å². The third kappa shape index (κ3) is 3.19. The molecule has 7 nitrogen and oxygen atoms in total. The van der Waals surface area contributed by atoms with Gasteiger partial charge in [-0.3, -0.25) is 4.79 Å². The van der Waals surface area contributed by atoms with Crippen molar-refractivity contribution in [2.75, 3.05) is 25.5 Å². The minimum Gasteiger partial charge on any atom is -0.367 e. The van der Waals surface area contributed by atoms with Crippen molar-refractivity contribution in [1.82, 2.24) is 19.5 Å². The van der Waals surface area contributed by atoms with E-state index in [9.17, 15) is 4.79 Å². The molecule has 0 aliphatic carbocycles. The zero-order valence-electron chi connectivity index (χ0n) is 10.6. The Labute approximate surface area is 110 Å². The lowest BCUT2D eigenvalue weighted by Crippen LogP contribution is -2.31. The molecule has 0 saturated heterocycles. The number of hydrogen-bond donors (Lipinski definition) is 1. The van der Waals surface area contributed by atoms with Gasteiger partial charge in [-0.2, -0.15) is 5.26 Å². The highest BCUT2D eigenvalue weighted by Gasteiger charge is 2.07. The molecule has 0 aliphatic heterocycles. The highest BCUT2D eigenvalue weighted by molar-refractivity contribution is 5.77. The molecule has 0 aliphatic rings. The molecule has 98 valence electrons. The van der Waals surface area contributed by atoms with E-state index in [1.807, 2.05) is 18.2 Å². The molecule has 2 aromatic heterocycles.